The SMILES string of the molecule is COc1ccc([C@@H](NC(=O)C(C)C)c2cc(Cl)c3cccnc3c2O)cc1. The number of pyridine rings is 1. The van der Waals surface area contributed by atoms with Crippen molar-refractivity contribution in [3.8, 4) is 11.5 Å². The molecule has 27 heavy (non-hydrogen) atoms. The summed E-state index contributed by atoms with van der Waals surface area (Å²) in [6, 6.07) is 12.0. The number of rotatable bonds is 5. The Balaban J connectivity index is 2.16. The van der Waals surface area contributed by atoms with Gasteiger partial charge in [-0.3, -0.25) is 9.78 Å². The number of aromatic hydroxyl groups is 1. The van der Waals surface area contributed by atoms with Crippen LogP contribution in [0.2, 0.25) is 5.02 Å². The van der Waals surface area contributed by atoms with E-state index in [1.807, 2.05) is 38.1 Å². The zero-order valence-electron chi connectivity index (χ0n) is 15.4. The number of ether oxygens (including phenoxy) is 1. The van der Waals surface area contributed by atoms with Gasteiger partial charge in [0.25, 0.3) is 0 Å². The number of benzene rings is 2. The quantitative estimate of drug-likeness (QED) is 0.681. The largest absolute Gasteiger partial charge is 0.505 e. The Morgan fingerprint density at radius 2 is 1.93 bits per heavy atom. The average Bonchev–Trinajstić information content (AvgIpc) is 2.69. The molecule has 6 heteroatoms. The number of nitrogens with one attached hydrogen (secondary N) is 1. The van der Waals surface area contributed by atoms with Crippen LogP contribution in [-0.4, -0.2) is 23.1 Å². The Labute approximate surface area is 163 Å². The topological polar surface area (TPSA) is 71.5 Å². The summed E-state index contributed by atoms with van der Waals surface area (Å²) in [5, 5.41) is 15.0. The van der Waals surface area contributed by atoms with Crippen LogP contribution in [0.1, 0.15) is 31.0 Å². The number of phenols is 1. The fourth-order valence-corrected chi connectivity index (χ4v) is 3.14. The van der Waals surface area contributed by atoms with Gasteiger partial charge in [0, 0.05) is 23.1 Å². The van der Waals surface area contributed by atoms with Gasteiger partial charge < -0.3 is 15.2 Å². The summed E-state index contributed by atoms with van der Waals surface area (Å²) in [5.41, 5.74) is 1.69. The van der Waals surface area contributed by atoms with E-state index in [1.54, 1.807) is 31.5 Å². The molecule has 3 rings (SSSR count). The molecule has 0 aliphatic carbocycles. The van der Waals surface area contributed by atoms with Gasteiger partial charge in [0.1, 0.15) is 17.0 Å². The van der Waals surface area contributed by atoms with Gasteiger partial charge in [0.2, 0.25) is 5.91 Å². The summed E-state index contributed by atoms with van der Waals surface area (Å²) < 4.78 is 5.21. The average molecular weight is 385 g/mol. The van der Waals surface area contributed by atoms with Crippen molar-refractivity contribution in [1.82, 2.24) is 10.3 Å². The molecule has 0 radical (unpaired) electrons. The van der Waals surface area contributed by atoms with E-state index in [4.69, 9.17) is 16.3 Å². The Bertz CT molecular complexity index is 971. The second kappa shape index (κ2) is 7.84. The van der Waals surface area contributed by atoms with Crippen LogP contribution in [0.15, 0.2) is 48.7 Å². The molecule has 1 aromatic heterocycles. The molecule has 0 unspecified atom stereocenters. The van der Waals surface area contributed by atoms with Crippen molar-refractivity contribution in [2.24, 2.45) is 5.92 Å². The van der Waals surface area contributed by atoms with Crippen LogP contribution in [0, 0.1) is 5.92 Å². The van der Waals surface area contributed by atoms with E-state index in [1.165, 1.54) is 0 Å². The zero-order valence-corrected chi connectivity index (χ0v) is 16.1. The van der Waals surface area contributed by atoms with Crippen molar-refractivity contribution < 1.29 is 14.6 Å². The van der Waals surface area contributed by atoms with Crippen LogP contribution < -0.4 is 10.1 Å². The number of carbonyl (C=O) groups excluding carboxylic acids is 1. The normalized spacial score (nSPS) is 12.2. The lowest BCUT2D eigenvalue weighted by Crippen LogP contribution is -2.32. The molecule has 0 aliphatic heterocycles. The second-order valence-electron chi connectivity index (χ2n) is 6.57. The minimum atomic E-state index is -0.574. The summed E-state index contributed by atoms with van der Waals surface area (Å²) in [4.78, 5) is 16.7. The summed E-state index contributed by atoms with van der Waals surface area (Å²) in [5.74, 6) is 0.365. The van der Waals surface area contributed by atoms with Crippen LogP contribution in [0.25, 0.3) is 10.9 Å². The third-order valence-corrected chi connectivity index (χ3v) is 4.73. The van der Waals surface area contributed by atoms with Crippen molar-refractivity contribution in [3.63, 3.8) is 0 Å². The number of halogens is 1. The van der Waals surface area contributed by atoms with Gasteiger partial charge in [0.15, 0.2) is 0 Å². The predicted octanol–water partition coefficient (Wildman–Crippen LogP) is 4.46. The van der Waals surface area contributed by atoms with Crippen molar-refractivity contribution >= 4 is 28.4 Å². The molecule has 0 fully saturated rings. The number of phenolic OH excluding ortho intramolecular Hbond substituents is 1. The molecule has 0 spiro atoms. The number of hydrogen-bond donors (Lipinski definition) is 2. The first-order valence-electron chi connectivity index (χ1n) is 8.62. The first-order chi connectivity index (χ1) is 12.9. The van der Waals surface area contributed by atoms with Gasteiger partial charge in [-0.1, -0.05) is 37.6 Å². The molecule has 1 heterocycles. The molecule has 0 saturated heterocycles. The molecule has 0 bridgehead atoms. The van der Waals surface area contributed by atoms with Gasteiger partial charge in [-0.25, -0.2) is 0 Å². The molecule has 5 nitrogen and oxygen atoms in total. The Kier molecular flexibility index (Phi) is 5.51. The van der Waals surface area contributed by atoms with Crippen LogP contribution >= 0.6 is 11.6 Å². The van der Waals surface area contributed by atoms with Gasteiger partial charge >= 0.3 is 0 Å². The van der Waals surface area contributed by atoms with Crippen LogP contribution in [-0.2, 0) is 4.79 Å². The number of fused-ring (bicyclic) bond motifs is 1. The lowest BCUT2D eigenvalue weighted by molar-refractivity contribution is -0.124. The molecule has 3 aromatic rings. The molecule has 140 valence electrons. The van der Waals surface area contributed by atoms with E-state index in [0.717, 1.165) is 5.56 Å². The molecule has 1 atom stereocenters. The van der Waals surface area contributed by atoms with E-state index in [2.05, 4.69) is 10.3 Å². The zero-order chi connectivity index (χ0) is 19.6. The minimum absolute atomic E-state index is 0.000117. The lowest BCUT2D eigenvalue weighted by Gasteiger charge is -2.23. The molecule has 2 N–H and O–H groups in total. The van der Waals surface area contributed by atoms with Gasteiger partial charge in [0.05, 0.1) is 18.2 Å². The van der Waals surface area contributed by atoms with Crippen LogP contribution in [0.5, 0.6) is 11.5 Å². The Hall–Kier alpha value is -2.79. The molecule has 0 aliphatic rings. The van der Waals surface area contributed by atoms with E-state index < -0.39 is 6.04 Å². The maximum atomic E-state index is 12.4. The number of nitrogens with zero attached hydrogens (tertiary/aromatic N) is 1. The highest BCUT2D eigenvalue weighted by Crippen LogP contribution is 2.38. The number of amides is 1. The predicted molar refractivity (Wildman–Crippen MR) is 106 cm³/mol. The lowest BCUT2D eigenvalue weighted by atomic mass is 9.95. The molecule has 2 aromatic carbocycles. The fourth-order valence-electron chi connectivity index (χ4n) is 2.87. The van der Waals surface area contributed by atoms with E-state index in [-0.39, 0.29) is 17.6 Å². The summed E-state index contributed by atoms with van der Waals surface area (Å²) in [6.07, 6.45) is 1.59. The van der Waals surface area contributed by atoms with Gasteiger partial charge in [-0.2, -0.15) is 0 Å². The van der Waals surface area contributed by atoms with E-state index in [0.29, 0.717) is 27.2 Å². The third kappa shape index (κ3) is 3.83. The van der Waals surface area contributed by atoms with E-state index in [9.17, 15) is 9.90 Å². The highest BCUT2D eigenvalue weighted by atomic mass is 35.5. The minimum Gasteiger partial charge on any atom is -0.505 e. The molecular weight excluding hydrogens is 364 g/mol. The first kappa shape index (κ1) is 19.0. The van der Waals surface area contributed by atoms with E-state index >= 15 is 0 Å². The summed E-state index contributed by atoms with van der Waals surface area (Å²) in [6.45, 7) is 3.63. The monoisotopic (exact) mass is 384 g/mol. The third-order valence-electron chi connectivity index (χ3n) is 4.42. The van der Waals surface area contributed by atoms with Gasteiger partial charge in [-0.05, 0) is 35.9 Å². The van der Waals surface area contributed by atoms with Crippen molar-refractivity contribution in [2.45, 2.75) is 19.9 Å². The molecule has 0 saturated carbocycles. The maximum absolute atomic E-state index is 12.4. The maximum Gasteiger partial charge on any atom is 0.223 e. The van der Waals surface area contributed by atoms with Crippen molar-refractivity contribution in [1.29, 1.82) is 0 Å². The van der Waals surface area contributed by atoms with Crippen LogP contribution in [0.4, 0.5) is 0 Å². The Morgan fingerprint density at radius 3 is 2.56 bits per heavy atom. The fraction of sp³-hybridized carbons (Fsp3) is 0.238. The first-order valence-corrected chi connectivity index (χ1v) is 9.00. The standard InChI is InChI=1S/C21H21ClN2O3/c1-12(2)21(26)24-18(13-6-8-14(27-3)9-7-13)16-11-17(22)15-5-4-10-23-19(15)20(16)25/h4-12,18,25H,1-3H3,(H,24,26)/t18-/m1/s1. The highest BCUT2D eigenvalue weighted by molar-refractivity contribution is 6.35. The van der Waals surface area contributed by atoms with Crippen molar-refractivity contribution in [3.05, 3.63) is 64.8 Å². The second-order valence-corrected chi connectivity index (χ2v) is 6.97. The summed E-state index contributed by atoms with van der Waals surface area (Å²) >= 11 is 6.43. The van der Waals surface area contributed by atoms with Crippen molar-refractivity contribution in [2.75, 3.05) is 7.11 Å². The Morgan fingerprint density at radius 1 is 1.22 bits per heavy atom. The number of methoxy groups -OCH3 is 1. The molecule has 1 amide bonds. The summed E-state index contributed by atoms with van der Waals surface area (Å²) in [7, 11) is 1.59. The van der Waals surface area contributed by atoms with Gasteiger partial charge in [-0.15, -0.1) is 0 Å². The van der Waals surface area contributed by atoms with Crippen LogP contribution in [0.3, 0.4) is 0 Å². The number of hydrogen-bond acceptors (Lipinski definition) is 4. The molecular formula is C21H21ClN2O3. The number of carbonyl (C=O) groups is 1. The number of aromatic nitrogens is 1. The smallest absolute Gasteiger partial charge is 0.223 e. The highest BCUT2D eigenvalue weighted by Gasteiger charge is 2.24.